The first-order valence-electron chi connectivity index (χ1n) is 8.28. The van der Waals surface area contributed by atoms with Crippen molar-refractivity contribution in [2.24, 2.45) is 0 Å². The van der Waals surface area contributed by atoms with Crippen LogP contribution in [0.2, 0.25) is 0 Å². The molecule has 0 aromatic heterocycles. The third-order valence-corrected chi connectivity index (χ3v) is 6.21. The number of sulfonamides is 1. The Bertz CT molecular complexity index is 757. The first-order valence-corrected chi connectivity index (χ1v) is 9.72. The zero-order valence-corrected chi connectivity index (χ0v) is 14.7. The summed E-state index contributed by atoms with van der Waals surface area (Å²) in [5.74, 6) is 0. The van der Waals surface area contributed by atoms with E-state index in [2.05, 4.69) is 31.2 Å². The molecule has 1 aliphatic heterocycles. The van der Waals surface area contributed by atoms with Crippen molar-refractivity contribution in [1.29, 1.82) is 0 Å². The molecule has 2 aromatic rings. The molecule has 0 aliphatic carbocycles. The summed E-state index contributed by atoms with van der Waals surface area (Å²) in [5, 5.41) is 0. The average Bonchev–Trinajstić information content (AvgIpc) is 2.62. The van der Waals surface area contributed by atoms with Crippen molar-refractivity contribution < 1.29 is 13.2 Å². The molecule has 5 heteroatoms. The summed E-state index contributed by atoms with van der Waals surface area (Å²) >= 11 is 0. The minimum Gasteiger partial charge on any atom is -0.372 e. The largest absolute Gasteiger partial charge is 0.372 e. The molecular formula is C19H23NO3S. The van der Waals surface area contributed by atoms with Gasteiger partial charge in [-0.05, 0) is 37.5 Å². The Labute approximate surface area is 144 Å². The Morgan fingerprint density at radius 3 is 2.50 bits per heavy atom. The summed E-state index contributed by atoms with van der Waals surface area (Å²) in [6.07, 6.45) is 1.66. The summed E-state index contributed by atoms with van der Waals surface area (Å²) in [7, 11) is -3.43. The molecule has 1 aliphatic rings. The second-order valence-corrected chi connectivity index (χ2v) is 8.17. The molecular weight excluding hydrogens is 322 g/mol. The number of benzene rings is 2. The lowest BCUT2D eigenvalue weighted by molar-refractivity contribution is 0.00811. The van der Waals surface area contributed by atoms with Crippen molar-refractivity contribution in [3.8, 4) is 0 Å². The van der Waals surface area contributed by atoms with Crippen LogP contribution in [0.15, 0.2) is 59.5 Å². The Kier molecular flexibility index (Phi) is 5.33. The van der Waals surface area contributed by atoms with Crippen LogP contribution in [0.4, 0.5) is 0 Å². The van der Waals surface area contributed by atoms with E-state index in [1.54, 1.807) is 28.6 Å². The zero-order chi connectivity index (χ0) is 17.0. The van der Waals surface area contributed by atoms with Gasteiger partial charge in [-0.2, -0.15) is 4.31 Å². The van der Waals surface area contributed by atoms with E-state index in [9.17, 15) is 8.42 Å². The normalized spacial score (nSPS) is 19.3. The van der Waals surface area contributed by atoms with Gasteiger partial charge in [0.1, 0.15) is 0 Å². The van der Waals surface area contributed by atoms with Crippen LogP contribution in [-0.4, -0.2) is 31.9 Å². The van der Waals surface area contributed by atoms with Crippen molar-refractivity contribution in [1.82, 2.24) is 4.31 Å². The number of hydrogen-bond donors (Lipinski definition) is 0. The van der Waals surface area contributed by atoms with Gasteiger partial charge in [-0.15, -0.1) is 0 Å². The number of rotatable bonds is 5. The van der Waals surface area contributed by atoms with Crippen molar-refractivity contribution >= 4 is 10.0 Å². The summed E-state index contributed by atoms with van der Waals surface area (Å²) in [6, 6.07) is 16.8. The molecule has 0 spiro atoms. The predicted molar refractivity (Wildman–Crippen MR) is 94.2 cm³/mol. The standard InChI is InChI=1S/C19H23NO3S/c1-16-9-11-17(12-10-16)15-23-18-6-5-13-20(14-18)24(21,22)19-7-3-2-4-8-19/h2-4,7-12,18H,5-6,13-15H2,1H3. The Hall–Kier alpha value is -1.69. The molecule has 0 bridgehead atoms. The summed E-state index contributed by atoms with van der Waals surface area (Å²) in [6.45, 7) is 3.55. The third-order valence-electron chi connectivity index (χ3n) is 4.33. The molecule has 3 rings (SSSR count). The zero-order valence-electron chi connectivity index (χ0n) is 13.9. The molecule has 1 saturated heterocycles. The number of ether oxygens (including phenoxy) is 1. The fourth-order valence-corrected chi connectivity index (χ4v) is 4.43. The smallest absolute Gasteiger partial charge is 0.243 e. The molecule has 1 atom stereocenters. The van der Waals surface area contributed by atoms with Crippen LogP contribution in [0.25, 0.3) is 0 Å². The fourth-order valence-electron chi connectivity index (χ4n) is 2.90. The van der Waals surface area contributed by atoms with Gasteiger partial charge in [-0.3, -0.25) is 0 Å². The quantitative estimate of drug-likeness (QED) is 0.835. The van der Waals surface area contributed by atoms with Crippen molar-refractivity contribution in [2.75, 3.05) is 13.1 Å². The second kappa shape index (κ2) is 7.47. The summed E-state index contributed by atoms with van der Waals surface area (Å²) in [5.41, 5.74) is 2.33. The van der Waals surface area contributed by atoms with Gasteiger partial charge in [0, 0.05) is 13.1 Å². The number of piperidine rings is 1. The van der Waals surface area contributed by atoms with Crippen LogP contribution < -0.4 is 0 Å². The molecule has 1 unspecified atom stereocenters. The molecule has 1 heterocycles. The third kappa shape index (κ3) is 4.04. The lowest BCUT2D eigenvalue weighted by Crippen LogP contribution is -2.43. The van der Waals surface area contributed by atoms with E-state index < -0.39 is 10.0 Å². The van der Waals surface area contributed by atoms with Crippen LogP contribution in [0.3, 0.4) is 0 Å². The van der Waals surface area contributed by atoms with E-state index in [4.69, 9.17) is 4.74 Å². The average molecular weight is 345 g/mol. The maximum Gasteiger partial charge on any atom is 0.243 e. The highest BCUT2D eigenvalue weighted by molar-refractivity contribution is 7.89. The van der Waals surface area contributed by atoms with Crippen LogP contribution in [0.5, 0.6) is 0 Å². The highest BCUT2D eigenvalue weighted by Gasteiger charge is 2.30. The van der Waals surface area contributed by atoms with E-state index in [1.807, 2.05) is 6.07 Å². The minimum atomic E-state index is -3.43. The van der Waals surface area contributed by atoms with Gasteiger partial charge >= 0.3 is 0 Å². The van der Waals surface area contributed by atoms with Crippen LogP contribution >= 0.6 is 0 Å². The maximum atomic E-state index is 12.7. The van der Waals surface area contributed by atoms with Gasteiger partial charge in [0.05, 0.1) is 17.6 Å². The number of aryl methyl sites for hydroxylation is 1. The molecule has 0 amide bonds. The minimum absolute atomic E-state index is 0.0569. The number of hydrogen-bond acceptors (Lipinski definition) is 3. The van der Waals surface area contributed by atoms with Crippen molar-refractivity contribution in [3.05, 3.63) is 65.7 Å². The van der Waals surface area contributed by atoms with Gasteiger partial charge in [0.15, 0.2) is 0 Å². The van der Waals surface area contributed by atoms with Crippen LogP contribution in [0, 0.1) is 6.92 Å². The molecule has 128 valence electrons. The Morgan fingerprint density at radius 2 is 1.79 bits per heavy atom. The maximum absolute atomic E-state index is 12.7. The van der Waals surface area contributed by atoms with Gasteiger partial charge in [0.2, 0.25) is 10.0 Å². The highest BCUT2D eigenvalue weighted by atomic mass is 32.2. The van der Waals surface area contributed by atoms with Crippen LogP contribution in [-0.2, 0) is 21.4 Å². The molecule has 1 fully saturated rings. The first-order chi connectivity index (χ1) is 11.6. The molecule has 2 aromatic carbocycles. The van der Waals surface area contributed by atoms with Crippen molar-refractivity contribution in [2.45, 2.75) is 37.4 Å². The van der Waals surface area contributed by atoms with Crippen molar-refractivity contribution in [3.63, 3.8) is 0 Å². The lowest BCUT2D eigenvalue weighted by Gasteiger charge is -2.31. The first kappa shape index (κ1) is 17.1. The predicted octanol–water partition coefficient (Wildman–Crippen LogP) is 3.36. The molecule has 0 saturated carbocycles. The van der Waals surface area contributed by atoms with E-state index in [0.29, 0.717) is 24.6 Å². The van der Waals surface area contributed by atoms with Crippen LogP contribution in [0.1, 0.15) is 24.0 Å². The SMILES string of the molecule is Cc1ccc(COC2CCCN(S(=O)(=O)c3ccccc3)C2)cc1. The van der Waals surface area contributed by atoms with E-state index >= 15 is 0 Å². The fraction of sp³-hybridized carbons (Fsp3) is 0.368. The molecule has 4 nitrogen and oxygen atoms in total. The van der Waals surface area contributed by atoms with Gasteiger partial charge in [-0.25, -0.2) is 8.42 Å². The van der Waals surface area contributed by atoms with Gasteiger partial charge in [-0.1, -0.05) is 48.0 Å². The number of nitrogens with zero attached hydrogens (tertiary/aromatic N) is 1. The van der Waals surface area contributed by atoms with Gasteiger partial charge in [0.25, 0.3) is 0 Å². The summed E-state index contributed by atoms with van der Waals surface area (Å²) < 4.78 is 32.9. The van der Waals surface area contributed by atoms with Gasteiger partial charge < -0.3 is 4.74 Å². The lowest BCUT2D eigenvalue weighted by atomic mass is 10.1. The molecule has 24 heavy (non-hydrogen) atoms. The Morgan fingerprint density at radius 1 is 1.08 bits per heavy atom. The second-order valence-electron chi connectivity index (χ2n) is 6.24. The molecule has 0 radical (unpaired) electrons. The Balaban J connectivity index is 1.63. The van der Waals surface area contributed by atoms with E-state index in [-0.39, 0.29) is 6.10 Å². The van der Waals surface area contributed by atoms with E-state index in [1.165, 1.54) is 5.56 Å². The highest BCUT2D eigenvalue weighted by Crippen LogP contribution is 2.22. The molecule has 0 N–H and O–H groups in total. The summed E-state index contributed by atoms with van der Waals surface area (Å²) in [4.78, 5) is 0.351. The monoisotopic (exact) mass is 345 g/mol. The topological polar surface area (TPSA) is 46.6 Å². The van der Waals surface area contributed by atoms with E-state index in [0.717, 1.165) is 18.4 Å².